The van der Waals surface area contributed by atoms with E-state index in [0.717, 1.165) is 24.5 Å². The molecule has 0 bridgehead atoms. The van der Waals surface area contributed by atoms with Gasteiger partial charge in [-0.25, -0.2) is 0 Å². The van der Waals surface area contributed by atoms with Crippen molar-refractivity contribution >= 4 is 11.6 Å². The molecule has 1 aliphatic heterocycles. The maximum Gasteiger partial charge on any atom is 0.0438 e. The van der Waals surface area contributed by atoms with Crippen LogP contribution in [0.1, 0.15) is 16.7 Å². The molecule has 0 N–H and O–H groups in total. The summed E-state index contributed by atoms with van der Waals surface area (Å²) in [6.07, 6.45) is 1.14. The minimum atomic E-state index is 0.906. The molecule has 0 aliphatic carbocycles. The van der Waals surface area contributed by atoms with Gasteiger partial charge in [0.05, 0.1) is 0 Å². The normalized spacial score (nSPS) is 17.2. The van der Waals surface area contributed by atoms with E-state index in [9.17, 15) is 0 Å². The highest BCUT2D eigenvalue weighted by Crippen LogP contribution is 2.26. The topological polar surface area (TPSA) is 3.24 Å². The Bertz CT molecular complexity index is 333. The molecular formula is C11H14ClN. The summed E-state index contributed by atoms with van der Waals surface area (Å²) in [5.41, 5.74) is 4.17. The SMILES string of the molecule is Cc1c(Cl)ccc2c1CCN(C)C2. The van der Waals surface area contributed by atoms with Crippen LogP contribution in [0, 0.1) is 6.92 Å². The summed E-state index contributed by atoms with van der Waals surface area (Å²) in [6, 6.07) is 4.16. The lowest BCUT2D eigenvalue weighted by atomic mass is 9.95. The summed E-state index contributed by atoms with van der Waals surface area (Å²) in [7, 11) is 2.16. The van der Waals surface area contributed by atoms with Gasteiger partial charge in [-0.05, 0) is 43.1 Å². The molecule has 13 heavy (non-hydrogen) atoms. The number of hydrogen-bond acceptors (Lipinski definition) is 1. The Morgan fingerprint density at radius 3 is 2.92 bits per heavy atom. The maximum absolute atomic E-state index is 6.07. The quantitative estimate of drug-likeness (QED) is 0.615. The van der Waals surface area contributed by atoms with Crippen LogP contribution in [0.15, 0.2) is 12.1 Å². The third-order valence-electron chi connectivity index (χ3n) is 2.81. The molecule has 0 unspecified atom stereocenters. The average molecular weight is 196 g/mol. The van der Waals surface area contributed by atoms with Crippen LogP contribution >= 0.6 is 11.6 Å². The molecule has 1 aliphatic rings. The van der Waals surface area contributed by atoms with Crippen molar-refractivity contribution in [2.75, 3.05) is 13.6 Å². The smallest absolute Gasteiger partial charge is 0.0438 e. The van der Waals surface area contributed by atoms with E-state index in [1.807, 2.05) is 6.07 Å². The van der Waals surface area contributed by atoms with Gasteiger partial charge in [-0.2, -0.15) is 0 Å². The molecule has 0 saturated heterocycles. The molecule has 0 aromatic heterocycles. The van der Waals surface area contributed by atoms with Gasteiger partial charge in [0.15, 0.2) is 0 Å². The molecule has 0 amide bonds. The second kappa shape index (κ2) is 3.32. The molecule has 0 radical (unpaired) electrons. The van der Waals surface area contributed by atoms with E-state index >= 15 is 0 Å². The van der Waals surface area contributed by atoms with E-state index < -0.39 is 0 Å². The fourth-order valence-electron chi connectivity index (χ4n) is 1.95. The van der Waals surface area contributed by atoms with Crippen molar-refractivity contribution in [1.29, 1.82) is 0 Å². The van der Waals surface area contributed by atoms with Gasteiger partial charge in [-0.3, -0.25) is 0 Å². The standard InChI is InChI=1S/C11H14ClN/c1-8-10-5-6-13(2)7-9(10)3-4-11(8)12/h3-4H,5-7H2,1-2H3. The van der Waals surface area contributed by atoms with E-state index in [0.29, 0.717) is 0 Å². The highest BCUT2D eigenvalue weighted by molar-refractivity contribution is 6.31. The van der Waals surface area contributed by atoms with Crippen molar-refractivity contribution in [2.45, 2.75) is 19.9 Å². The van der Waals surface area contributed by atoms with E-state index in [4.69, 9.17) is 11.6 Å². The largest absolute Gasteiger partial charge is 0.302 e. The van der Waals surface area contributed by atoms with Crippen molar-refractivity contribution in [3.8, 4) is 0 Å². The lowest BCUT2D eigenvalue weighted by Crippen LogP contribution is -2.27. The van der Waals surface area contributed by atoms with Crippen molar-refractivity contribution in [3.05, 3.63) is 33.8 Å². The van der Waals surface area contributed by atoms with Crippen LogP contribution in [0.25, 0.3) is 0 Å². The van der Waals surface area contributed by atoms with Gasteiger partial charge < -0.3 is 4.90 Å². The number of benzene rings is 1. The van der Waals surface area contributed by atoms with Crippen LogP contribution in [0.2, 0.25) is 5.02 Å². The fourth-order valence-corrected chi connectivity index (χ4v) is 2.13. The van der Waals surface area contributed by atoms with Crippen LogP contribution in [-0.4, -0.2) is 18.5 Å². The van der Waals surface area contributed by atoms with E-state index in [1.54, 1.807) is 0 Å². The molecule has 2 rings (SSSR count). The molecule has 1 aromatic carbocycles. The molecule has 70 valence electrons. The summed E-state index contributed by atoms with van der Waals surface area (Å²) in [5, 5.41) is 0.906. The van der Waals surface area contributed by atoms with E-state index in [-0.39, 0.29) is 0 Å². The predicted octanol–water partition coefficient (Wildman–Crippen LogP) is 2.64. The van der Waals surface area contributed by atoms with Gasteiger partial charge >= 0.3 is 0 Å². The minimum Gasteiger partial charge on any atom is -0.302 e. The Hall–Kier alpha value is -0.530. The molecular weight excluding hydrogens is 182 g/mol. The Labute approximate surface area is 84.3 Å². The number of hydrogen-bond donors (Lipinski definition) is 0. The van der Waals surface area contributed by atoms with Gasteiger partial charge in [0.1, 0.15) is 0 Å². The lowest BCUT2D eigenvalue weighted by molar-refractivity contribution is 0.312. The number of fused-ring (bicyclic) bond motifs is 1. The van der Waals surface area contributed by atoms with Gasteiger partial charge in [-0.15, -0.1) is 0 Å². The third kappa shape index (κ3) is 1.59. The number of nitrogens with zero attached hydrogens (tertiary/aromatic N) is 1. The van der Waals surface area contributed by atoms with Crippen LogP contribution in [0.3, 0.4) is 0 Å². The zero-order valence-corrected chi connectivity index (χ0v) is 8.86. The summed E-state index contributed by atoms with van der Waals surface area (Å²) in [5.74, 6) is 0. The van der Waals surface area contributed by atoms with Crippen molar-refractivity contribution in [3.63, 3.8) is 0 Å². The first-order valence-corrected chi connectivity index (χ1v) is 5.01. The zero-order valence-electron chi connectivity index (χ0n) is 8.10. The Morgan fingerprint density at radius 2 is 2.15 bits per heavy atom. The van der Waals surface area contributed by atoms with Crippen LogP contribution in [0.5, 0.6) is 0 Å². The van der Waals surface area contributed by atoms with E-state index in [1.165, 1.54) is 16.7 Å². The molecule has 1 heterocycles. The Kier molecular flexibility index (Phi) is 2.31. The van der Waals surface area contributed by atoms with Gasteiger partial charge in [0.2, 0.25) is 0 Å². The van der Waals surface area contributed by atoms with Crippen molar-refractivity contribution in [2.24, 2.45) is 0 Å². The monoisotopic (exact) mass is 195 g/mol. The second-order valence-corrected chi connectivity index (χ2v) is 4.21. The summed E-state index contributed by atoms with van der Waals surface area (Å²) >= 11 is 6.07. The van der Waals surface area contributed by atoms with Crippen molar-refractivity contribution in [1.82, 2.24) is 4.90 Å². The van der Waals surface area contributed by atoms with E-state index in [2.05, 4.69) is 24.9 Å². The number of rotatable bonds is 0. The molecule has 1 nitrogen and oxygen atoms in total. The molecule has 0 atom stereocenters. The zero-order chi connectivity index (χ0) is 9.42. The minimum absolute atomic E-state index is 0.906. The first-order chi connectivity index (χ1) is 6.18. The molecule has 2 heteroatoms. The molecule has 0 saturated carbocycles. The predicted molar refractivity (Wildman–Crippen MR) is 56.2 cm³/mol. The average Bonchev–Trinajstić information content (AvgIpc) is 2.12. The highest BCUT2D eigenvalue weighted by Gasteiger charge is 2.15. The number of likely N-dealkylation sites (N-methyl/N-ethyl adjacent to an activating group) is 1. The second-order valence-electron chi connectivity index (χ2n) is 3.80. The Balaban J connectivity index is 2.47. The first-order valence-electron chi connectivity index (χ1n) is 4.64. The third-order valence-corrected chi connectivity index (χ3v) is 3.22. The highest BCUT2D eigenvalue weighted by atomic mass is 35.5. The van der Waals surface area contributed by atoms with Crippen LogP contribution in [-0.2, 0) is 13.0 Å². The van der Waals surface area contributed by atoms with Crippen molar-refractivity contribution < 1.29 is 0 Å². The maximum atomic E-state index is 6.07. The summed E-state index contributed by atoms with van der Waals surface area (Å²) < 4.78 is 0. The first kappa shape index (κ1) is 9.04. The van der Waals surface area contributed by atoms with Gasteiger partial charge in [-0.1, -0.05) is 17.7 Å². The van der Waals surface area contributed by atoms with Gasteiger partial charge in [0.25, 0.3) is 0 Å². The number of halogens is 1. The molecule has 0 spiro atoms. The Morgan fingerprint density at radius 1 is 1.38 bits per heavy atom. The fraction of sp³-hybridized carbons (Fsp3) is 0.455. The van der Waals surface area contributed by atoms with Gasteiger partial charge in [0, 0.05) is 18.1 Å². The lowest BCUT2D eigenvalue weighted by Gasteiger charge is -2.26. The summed E-state index contributed by atoms with van der Waals surface area (Å²) in [4.78, 5) is 2.34. The van der Waals surface area contributed by atoms with Crippen LogP contribution in [0.4, 0.5) is 0 Å². The summed E-state index contributed by atoms with van der Waals surface area (Å²) in [6.45, 7) is 4.33. The van der Waals surface area contributed by atoms with Crippen LogP contribution < -0.4 is 0 Å². The molecule has 1 aromatic rings. The molecule has 0 fully saturated rings.